The molecule has 1 aliphatic heterocycles. The van der Waals surface area contributed by atoms with Gasteiger partial charge in [0.05, 0.1) is 0 Å². The predicted octanol–water partition coefficient (Wildman–Crippen LogP) is 2.63. The normalized spacial score (nSPS) is 13.8. The van der Waals surface area contributed by atoms with Crippen LogP contribution in [0.4, 0.5) is 11.6 Å². The number of hydrogen-bond donors (Lipinski definition) is 2. The minimum atomic E-state index is -2.57. The van der Waals surface area contributed by atoms with E-state index in [-0.39, 0.29) is 5.56 Å². The van der Waals surface area contributed by atoms with Crippen molar-refractivity contribution in [1.29, 1.82) is 0 Å². The molecule has 0 unspecified atom stereocenters. The van der Waals surface area contributed by atoms with Gasteiger partial charge >= 0.3 is 0 Å². The zero-order chi connectivity index (χ0) is 23.2. The van der Waals surface area contributed by atoms with E-state index in [1.165, 1.54) is 11.1 Å². The smallest absolute Gasteiger partial charge is 0.278 e. The molecule has 0 saturated carbocycles. The van der Waals surface area contributed by atoms with E-state index in [1.807, 2.05) is 13.0 Å². The molecule has 33 heavy (non-hydrogen) atoms. The van der Waals surface area contributed by atoms with Crippen molar-refractivity contribution in [2.75, 3.05) is 25.2 Å². The van der Waals surface area contributed by atoms with Gasteiger partial charge in [-0.25, -0.2) is 19.3 Å². The van der Waals surface area contributed by atoms with Crippen molar-refractivity contribution in [3.05, 3.63) is 64.1 Å². The molecule has 1 aliphatic rings. The van der Waals surface area contributed by atoms with Crippen LogP contribution in [0.1, 0.15) is 18.1 Å². The minimum absolute atomic E-state index is 0.192. The number of anilines is 2. The van der Waals surface area contributed by atoms with Crippen LogP contribution in [0, 0.1) is 0 Å². The molecule has 0 aliphatic carbocycles. The highest BCUT2D eigenvalue weighted by atomic mass is 31.2. The first-order valence-corrected chi connectivity index (χ1v) is 13.6. The number of nitrogens with zero attached hydrogens (tertiary/aromatic N) is 5. The summed E-state index contributed by atoms with van der Waals surface area (Å²) in [7, 11) is -2.57. The molecule has 1 aromatic carbocycles. The van der Waals surface area contributed by atoms with E-state index in [2.05, 4.69) is 37.7 Å². The van der Waals surface area contributed by atoms with Crippen molar-refractivity contribution in [3.8, 4) is 5.82 Å². The van der Waals surface area contributed by atoms with Gasteiger partial charge in [0.2, 0.25) is 5.95 Å². The van der Waals surface area contributed by atoms with Gasteiger partial charge in [-0.2, -0.15) is 4.98 Å². The number of benzene rings is 1. The van der Waals surface area contributed by atoms with E-state index in [1.54, 1.807) is 47.1 Å². The molecule has 0 bridgehead atoms. The molecule has 0 amide bonds. The Morgan fingerprint density at radius 1 is 1.15 bits per heavy atom. The second kappa shape index (κ2) is 8.24. The van der Waals surface area contributed by atoms with Crippen LogP contribution >= 0.6 is 7.14 Å². The van der Waals surface area contributed by atoms with Crippen molar-refractivity contribution in [2.45, 2.75) is 26.4 Å². The maximum atomic E-state index is 13.0. The average Bonchev–Trinajstić information content (AvgIpc) is 3.09. The summed E-state index contributed by atoms with van der Waals surface area (Å²) in [6.45, 7) is 7.50. The molecule has 0 fully saturated rings. The largest absolute Gasteiger partial charge is 0.324 e. The third-order valence-corrected chi connectivity index (χ3v) is 7.16. The van der Waals surface area contributed by atoms with E-state index in [0.717, 1.165) is 25.2 Å². The van der Waals surface area contributed by atoms with E-state index >= 15 is 0 Å². The summed E-state index contributed by atoms with van der Waals surface area (Å²) in [5.74, 6) is 0.885. The second-order valence-electron chi connectivity index (χ2n) is 8.50. The SMILES string of the molecule is CCn1c(=O)c2cnc(Nc3ccc4c(c3)CNCC4)nc2n1-c1cccc(P(C)(C)=O)n1. The van der Waals surface area contributed by atoms with Gasteiger partial charge in [-0.1, -0.05) is 12.1 Å². The van der Waals surface area contributed by atoms with Crippen molar-refractivity contribution in [2.24, 2.45) is 0 Å². The summed E-state index contributed by atoms with van der Waals surface area (Å²) in [5.41, 5.74) is 4.25. The highest BCUT2D eigenvalue weighted by molar-refractivity contribution is 7.69. The maximum Gasteiger partial charge on any atom is 0.278 e. The van der Waals surface area contributed by atoms with Gasteiger partial charge in [0.25, 0.3) is 5.56 Å². The summed E-state index contributed by atoms with van der Waals surface area (Å²) >= 11 is 0. The fraction of sp³-hybridized carbons (Fsp3) is 0.304. The number of hydrogen-bond acceptors (Lipinski definition) is 7. The Hall–Kier alpha value is -3.29. The van der Waals surface area contributed by atoms with Crippen molar-refractivity contribution in [3.63, 3.8) is 0 Å². The highest BCUT2D eigenvalue weighted by Gasteiger charge is 2.20. The Kier molecular flexibility index (Phi) is 5.38. The molecule has 0 spiro atoms. The molecule has 170 valence electrons. The summed E-state index contributed by atoms with van der Waals surface area (Å²) in [6, 6.07) is 11.6. The van der Waals surface area contributed by atoms with Crippen LogP contribution in [0.15, 0.2) is 47.4 Å². The monoisotopic (exact) mass is 463 g/mol. The second-order valence-corrected chi connectivity index (χ2v) is 11.7. The summed E-state index contributed by atoms with van der Waals surface area (Å²) < 4.78 is 15.8. The van der Waals surface area contributed by atoms with Gasteiger partial charge in [0.1, 0.15) is 18.0 Å². The number of rotatable bonds is 5. The number of aromatic nitrogens is 5. The van der Waals surface area contributed by atoms with Gasteiger partial charge in [-0.15, -0.1) is 0 Å². The molecule has 0 atom stereocenters. The van der Waals surface area contributed by atoms with Crippen LogP contribution in [0.2, 0.25) is 0 Å². The van der Waals surface area contributed by atoms with E-state index in [0.29, 0.717) is 34.8 Å². The molecular weight excluding hydrogens is 437 g/mol. The Morgan fingerprint density at radius 2 is 2.00 bits per heavy atom. The Balaban J connectivity index is 1.61. The molecule has 3 aromatic heterocycles. The Bertz CT molecular complexity index is 1470. The molecule has 2 N–H and O–H groups in total. The van der Waals surface area contributed by atoms with Crippen LogP contribution in [-0.2, 0) is 24.1 Å². The molecule has 4 heterocycles. The third-order valence-electron chi connectivity index (χ3n) is 5.81. The standard InChI is InChI=1S/C23H26N7O2P/c1-4-29-22(31)18-14-25-23(26-17-9-8-15-10-11-24-13-16(15)12-17)28-21(18)30(29)19-6-5-7-20(27-19)33(2,3)32/h5-9,12,14,24H,4,10-11,13H2,1-3H3,(H,25,26,28). The van der Waals surface area contributed by atoms with Crippen molar-refractivity contribution >= 4 is 35.2 Å². The predicted molar refractivity (Wildman–Crippen MR) is 131 cm³/mol. The summed E-state index contributed by atoms with van der Waals surface area (Å²) in [6.07, 6.45) is 2.56. The fourth-order valence-corrected chi connectivity index (χ4v) is 4.91. The van der Waals surface area contributed by atoms with Gasteiger partial charge in [-0.3, -0.25) is 4.79 Å². The molecule has 9 nitrogen and oxygen atoms in total. The summed E-state index contributed by atoms with van der Waals surface area (Å²) in [4.78, 5) is 26.7. The number of nitrogens with one attached hydrogen (secondary N) is 2. The first-order chi connectivity index (χ1) is 15.8. The number of fused-ring (bicyclic) bond motifs is 2. The van der Waals surface area contributed by atoms with E-state index in [9.17, 15) is 9.36 Å². The lowest BCUT2D eigenvalue weighted by molar-refractivity contribution is 0.568. The van der Waals surface area contributed by atoms with Gasteiger partial charge < -0.3 is 15.2 Å². The quantitative estimate of drug-likeness (QED) is 0.438. The molecule has 10 heteroatoms. The molecule has 5 rings (SSSR count). The van der Waals surface area contributed by atoms with Crippen LogP contribution in [-0.4, -0.2) is 44.2 Å². The lowest BCUT2D eigenvalue weighted by atomic mass is 10.0. The van der Waals surface area contributed by atoms with Crippen molar-refractivity contribution in [1.82, 2.24) is 29.6 Å². The lowest BCUT2D eigenvalue weighted by Gasteiger charge is -2.18. The number of pyridine rings is 1. The molecule has 4 aromatic rings. The first-order valence-electron chi connectivity index (χ1n) is 11.0. The molecule has 0 saturated heterocycles. The third kappa shape index (κ3) is 3.98. The Labute approximate surface area is 191 Å². The van der Waals surface area contributed by atoms with Crippen molar-refractivity contribution < 1.29 is 4.57 Å². The van der Waals surface area contributed by atoms with Gasteiger partial charge in [0.15, 0.2) is 11.5 Å². The first kappa shape index (κ1) is 21.6. The Morgan fingerprint density at radius 3 is 2.79 bits per heavy atom. The lowest BCUT2D eigenvalue weighted by Crippen LogP contribution is -2.23. The van der Waals surface area contributed by atoms with Gasteiger partial charge in [0, 0.05) is 25.0 Å². The minimum Gasteiger partial charge on any atom is -0.324 e. The molecule has 0 radical (unpaired) electrons. The zero-order valence-corrected chi connectivity index (χ0v) is 19.8. The highest BCUT2D eigenvalue weighted by Crippen LogP contribution is 2.33. The van der Waals surface area contributed by atoms with Gasteiger partial charge in [-0.05, 0) is 68.6 Å². The average molecular weight is 463 g/mol. The van der Waals surface area contributed by atoms with E-state index < -0.39 is 7.14 Å². The van der Waals surface area contributed by atoms with Crippen LogP contribution < -0.4 is 21.6 Å². The van der Waals surface area contributed by atoms with Crippen LogP contribution in [0.5, 0.6) is 0 Å². The van der Waals surface area contributed by atoms with Crippen LogP contribution in [0.3, 0.4) is 0 Å². The van der Waals surface area contributed by atoms with E-state index in [4.69, 9.17) is 0 Å². The zero-order valence-electron chi connectivity index (χ0n) is 18.9. The summed E-state index contributed by atoms with van der Waals surface area (Å²) in [5, 5.41) is 7.06. The topological polar surface area (TPSA) is 107 Å². The fourth-order valence-electron chi connectivity index (χ4n) is 4.12. The molecular formula is C23H26N7O2P. The van der Waals surface area contributed by atoms with Crippen LogP contribution in [0.25, 0.3) is 16.9 Å². The maximum absolute atomic E-state index is 13.0.